The van der Waals surface area contributed by atoms with E-state index in [4.69, 9.17) is 16.0 Å². The average molecular weight is 298 g/mol. The molecule has 20 heavy (non-hydrogen) atoms. The maximum Gasteiger partial charge on any atom is 0.328 e. The predicted molar refractivity (Wildman–Crippen MR) is 69.3 cm³/mol. The lowest BCUT2D eigenvalue weighted by Gasteiger charge is -2.14. The van der Waals surface area contributed by atoms with E-state index in [1.807, 2.05) is 0 Å². The minimum Gasteiger partial charge on any atom is -0.467 e. The van der Waals surface area contributed by atoms with Crippen molar-refractivity contribution in [1.29, 1.82) is 0 Å². The van der Waals surface area contributed by atoms with Gasteiger partial charge in [0.1, 0.15) is 6.04 Å². The molecule has 0 saturated heterocycles. The number of esters is 1. The Kier molecular flexibility index (Phi) is 4.41. The molecule has 2 heterocycles. The number of aromatic amines is 1. The summed E-state index contributed by atoms with van der Waals surface area (Å²) < 4.78 is 9.63. The monoisotopic (exact) mass is 297 g/mol. The van der Waals surface area contributed by atoms with Gasteiger partial charge in [-0.25, -0.2) is 9.78 Å². The molecule has 106 valence electrons. The van der Waals surface area contributed by atoms with Crippen molar-refractivity contribution in [3.63, 3.8) is 0 Å². The van der Waals surface area contributed by atoms with Crippen molar-refractivity contribution in [1.82, 2.24) is 15.3 Å². The summed E-state index contributed by atoms with van der Waals surface area (Å²) >= 11 is 5.59. The highest BCUT2D eigenvalue weighted by Gasteiger charge is 2.24. The number of furan rings is 1. The molecule has 2 N–H and O–H groups in total. The molecule has 0 bridgehead atoms. The molecule has 1 atom stereocenters. The highest BCUT2D eigenvalue weighted by atomic mass is 35.5. The minimum absolute atomic E-state index is 0.0218. The SMILES string of the molecule is COC(=O)[C@H](Cc1cnc[nH]1)NC(=O)c1ccc(Cl)o1. The number of imidazole rings is 1. The summed E-state index contributed by atoms with van der Waals surface area (Å²) in [6, 6.07) is 2.01. The van der Waals surface area contributed by atoms with Crippen LogP contribution in [0.25, 0.3) is 0 Å². The molecule has 0 saturated carbocycles. The van der Waals surface area contributed by atoms with Crippen molar-refractivity contribution in [3.8, 4) is 0 Å². The normalized spacial score (nSPS) is 11.9. The smallest absolute Gasteiger partial charge is 0.328 e. The second-order valence-corrected chi connectivity index (χ2v) is 4.31. The van der Waals surface area contributed by atoms with E-state index in [-0.39, 0.29) is 17.4 Å². The number of halogens is 1. The Labute approximate surface area is 119 Å². The molecule has 7 nitrogen and oxygen atoms in total. The molecular formula is C12H12ClN3O4. The van der Waals surface area contributed by atoms with E-state index in [2.05, 4.69) is 20.0 Å². The van der Waals surface area contributed by atoms with Gasteiger partial charge in [-0.2, -0.15) is 0 Å². The van der Waals surface area contributed by atoms with Gasteiger partial charge >= 0.3 is 5.97 Å². The van der Waals surface area contributed by atoms with Crippen LogP contribution >= 0.6 is 11.6 Å². The molecule has 0 aromatic carbocycles. The van der Waals surface area contributed by atoms with Crippen LogP contribution in [-0.2, 0) is 16.0 Å². The Morgan fingerprint density at radius 2 is 2.35 bits per heavy atom. The van der Waals surface area contributed by atoms with Crippen LogP contribution in [0.5, 0.6) is 0 Å². The van der Waals surface area contributed by atoms with Gasteiger partial charge in [0, 0.05) is 18.3 Å². The maximum absolute atomic E-state index is 11.9. The Morgan fingerprint density at radius 1 is 1.55 bits per heavy atom. The minimum atomic E-state index is -0.850. The summed E-state index contributed by atoms with van der Waals surface area (Å²) in [6.07, 6.45) is 3.27. The number of ether oxygens (including phenoxy) is 1. The summed E-state index contributed by atoms with van der Waals surface area (Å²) in [7, 11) is 1.25. The summed E-state index contributed by atoms with van der Waals surface area (Å²) in [5.41, 5.74) is 0.693. The third-order valence-corrected chi connectivity index (χ3v) is 2.77. The molecule has 2 aromatic heterocycles. The van der Waals surface area contributed by atoms with Crippen LogP contribution in [0.4, 0.5) is 0 Å². The fourth-order valence-electron chi connectivity index (χ4n) is 1.62. The topological polar surface area (TPSA) is 97.2 Å². The predicted octanol–water partition coefficient (Wildman–Crippen LogP) is 1.17. The number of methoxy groups -OCH3 is 1. The van der Waals surface area contributed by atoms with Crippen LogP contribution in [-0.4, -0.2) is 35.0 Å². The molecule has 0 aliphatic rings. The molecule has 0 unspecified atom stereocenters. The number of aromatic nitrogens is 2. The number of hydrogen-bond acceptors (Lipinski definition) is 5. The fraction of sp³-hybridized carbons (Fsp3) is 0.250. The van der Waals surface area contributed by atoms with E-state index in [1.165, 1.54) is 25.6 Å². The molecule has 0 spiro atoms. The van der Waals surface area contributed by atoms with Crippen LogP contribution in [0.3, 0.4) is 0 Å². The van der Waals surface area contributed by atoms with Crippen molar-refractivity contribution in [2.24, 2.45) is 0 Å². The number of hydrogen-bond donors (Lipinski definition) is 2. The number of carbonyl (C=O) groups excluding carboxylic acids is 2. The first-order chi connectivity index (χ1) is 9.60. The van der Waals surface area contributed by atoms with Crippen LogP contribution < -0.4 is 5.32 Å². The Morgan fingerprint density at radius 3 is 2.90 bits per heavy atom. The maximum atomic E-state index is 11.9. The number of rotatable bonds is 5. The summed E-state index contributed by atoms with van der Waals surface area (Å²) in [5.74, 6) is -1.09. The first-order valence-electron chi connectivity index (χ1n) is 5.71. The van der Waals surface area contributed by atoms with Gasteiger partial charge in [0.15, 0.2) is 11.0 Å². The van der Waals surface area contributed by atoms with E-state index in [9.17, 15) is 9.59 Å². The molecule has 1 amide bonds. The number of H-pyrrole nitrogens is 1. The van der Waals surface area contributed by atoms with Crippen LogP contribution in [0.2, 0.25) is 5.22 Å². The van der Waals surface area contributed by atoms with Gasteiger partial charge in [-0.05, 0) is 23.7 Å². The third-order valence-electron chi connectivity index (χ3n) is 2.57. The van der Waals surface area contributed by atoms with E-state index in [0.29, 0.717) is 5.69 Å². The van der Waals surface area contributed by atoms with E-state index in [0.717, 1.165) is 0 Å². The van der Waals surface area contributed by atoms with Crippen molar-refractivity contribution < 1.29 is 18.7 Å². The van der Waals surface area contributed by atoms with E-state index >= 15 is 0 Å². The largest absolute Gasteiger partial charge is 0.467 e. The summed E-state index contributed by atoms with van der Waals surface area (Å²) in [4.78, 5) is 30.3. The highest BCUT2D eigenvalue weighted by Crippen LogP contribution is 2.13. The third kappa shape index (κ3) is 3.39. The Bertz CT molecular complexity index is 594. The first kappa shape index (κ1) is 14.1. The zero-order chi connectivity index (χ0) is 14.5. The number of amides is 1. The lowest BCUT2D eigenvalue weighted by molar-refractivity contribution is -0.142. The van der Waals surface area contributed by atoms with Crippen LogP contribution in [0, 0.1) is 0 Å². The number of nitrogens with zero attached hydrogens (tertiary/aromatic N) is 1. The quantitative estimate of drug-likeness (QED) is 0.807. The van der Waals surface area contributed by atoms with Crippen LogP contribution in [0.15, 0.2) is 29.1 Å². The second-order valence-electron chi connectivity index (χ2n) is 3.93. The van der Waals surface area contributed by atoms with Crippen molar-refractivity contribution >= 4 is 23.5 Å². The van der Waals surface area contributed by atoms with Gasteiger partial charge in [-0.1, -0.05) is 0 Å². The highest BCUT2D eigenvalue weighted by molar-refractivity contribution is 6.29. The van der Waals surface area contributed by atoms with E-state index in [1.54, 1.807) is 6.20 Å². The van der Waals surface area contributed by atoms with Gasteiger partial charge in [-0.3, -0.25) is 4.79 Å². The van der Waals surface area contributed by atoms with Crippen molar-refractivity contribution in [2.45, 2.75) is 12.5 Å². The second kappa shape index (κ2) is 6.25. The van der Waals surface area contributed by atoms with Gasteiger partial charge in [0.25, 0.3) is 5.91 Å². The molecule has 2 aromatic rings. The zero-order valence-corrected chi connectivity index (χ0v) is 11.3. The van der Waals surface area contributed by atoms with Gasteiger partial charge in [0.2, 0.25) is 0 Å². The summed E-state index contributed by atoms with van der Waals surface area (Å²) in [6.45, 7) is 0. The Hall–Kier alpha value is -2.28. The zero-order valence-electron chi connectivity index (χ0n) is 10.6. The average Bonchev–Trinajstić information content (AvgIpc) is 3.08. The van der Waals surface area contributed by atoms with Crippen LogP contribution in [0.1, 0.15) is 16.2 Å². The van der Waals surface area contributed by atoms with Crippen molar-refractivity contribution in [2.75, 3.05) is 7.11 Å². The molecule has 0 fully saturated rings. The van der Waals surface area contributed by atoms with Gasteiger partial charge in [0.05, 0.1) is 13.4 Å². The lowest BCUT2D eigenvalue weighted by atomic mass is 10.1. The molecule has 0 radical (unpaired) electrons. The first-order valence-corrected chi connectivity index (χ1v) is 6.09. The number of carbonyl (C=O) groups is 2. The van der Waals surface area contributed by atoms with Gasteiger partial charge < -0.3 is 19.5 Å². The molecule has 2 rings (SSSR count). The molecular weight excluding hydrogens is 286 g/mol. The van der Waals surface area contributed by atoms with Gasteiger partial charge in [-0.15, -0.1) is 0 Å². The molecule has 0 aliphatic heterocycles. The molecule has 0 aliphatic carbocycles. The van der Waals surface area contributed by atoms with Crippen molar-refractivity contribution in [3.05, 3.63) is 41.3 Å². The number of nitrogens with one attached hydrogen (secondary N) is 2. The summed E-state index contributed by atoms with van der Waals surface area (Å²) in [5, 5.41) is 2.62. The fourth-order valence-corrected chi connectivity index (χ4v) is 1.76. The Balaban J connectivity index is 2.07. The van der Waals surface area contributed by atoms with E-state index < -0.39 is 17.9 Å². The standard InChI is InChI=1S/C12H12ClN3O4/c1-19-12(18)8(4-7-5-14-6-15-7)16-11(17)9-2-3-10(13)20-9/h2-3,5-6,8H,4H2,1H3,(H,14,15)(H,16,17)/t8-/m0/s1. The molecule has 8 heteroatoms. The lowest BCUT2D eigenvalue weighted by Crippen LogP contribution is -2.43.